The zero-order valence-electron chi connectivity index (χ0n) is 21.7. The normalized spacial score (nSPS) is 20.8. The number of aromatic nitrogens is 3. The van der Waals surface area contributed by atoms with Crippen LogP contribution in [0.3, 0.4) is 0 Å². The van der Waals surface area contributed by atoms with Gasteiger partial charge in [0, 0.05) is 46.1 Å². The van der Waals surface area contributed by atoms with E-state index in [1.165, 1.54) is 41.7 Å². The summed E-state index contributed by atoms with van der Waals surface area (Å²) in [7, 11) is -3.70. The number of alkyl halides is 2. The summed E-state index contributed by atoms with van der Waals surface area (Å²) in [6.07, 6.45) is 2.61. The van der Waals surface area contributed by atoms with Crippen molar-refractivity contribution in [1.82, 2.24) is 19.7 Å². The largest absolute Gasteiger partial charge is 0.388 e. The topological polar surface area (TPSA) is 101 Å². The molecule has 2 aliphatic heterocycles. The van der Waals surface area contributed by atoms with Gasteiger partial charge in [0.1, 0.15) is 11.9 Å². The van der Waals surface area contributed by atoms with Gasteiger partial charge in [-0.05, 0) is 36.8 Å². The highest BCUT2D eigenvalue weighted by Gasteiger charge is 2.47. The second-order valence-corrected chi connectivity index (χ2v) is 13.5. The maximum atomic E-state index is 14.0. The Morgan fingerprint density at radius 1 is 1.17 bits per heavy atom. The number of rotatable bonds is 8. The van der Waals surface area contributed by atoms with Crippen LogP contribution in [0.4, 0.5) is 13.2 Å². The van der Waals surface area contributed by atoms with Gasteiger partial charge in [0.15, 0.2) is 20.7 Å². The Bertz CT molecular complexity index is 1800. The van der Waals surface area contributed by atoms with Crippen molar-refractivity contribution in [1.29, 1.82) is 0 Å². The Morgan fingerprint density at radius 2 is 1.95 bits per heavy atom. The first-order chi connectivity index (χ1) is 20.0. The summed E-state index contributed by atoms with van der Waals surface area (Å²) in [5.74, 6) is -0.485. The molecular formula is C28H23ClF3N5O3S2. The van der Waals surface area contributed by atoms with Crippen LogP contribution in [0, 0.1) is 5.82 Å². The van der Waals surface area contributed by atoms with Gasteiger partial charge in [0.25, 0.3) is 0 Å². The van der Waals surface area contributed by atoms with Crippen LogP contribution in [0.15, 0.2) is 88.0 Å². The molecule has 2 aromatic carbocycles. The number of sulfone groups is 1. The van der Waals surface area contributed by atoms with Gasteiger partial charge in [-0.15, -0.1) is 11.3 Å². The molecule has 0 radical (unpaired) electrons. The number of benzene rings is 2. The van der Waals surface area contributed by atoms with Gasteiger partial charge >= 0.3 is 6.55 Å². The molecule has 2 atom stereocenters. The Labute approximate surface area is 248 Å². The molecule has 0 saturated carbocycles. The van der Waals surface area contributed by atoms with Gasteiger partial charge < -0.3 is 10.0 Å². The maximum Gasteiger partial charge on any atom is 0.333 e. The molecule has 1 fully saturated rings. The van der Waals surface area contributed by atoms with Crippen LogP contribution in [-0.2, 0) is 9.84 Å². The monoisotopic (exact) mass is 633 g/mol. The number of fused-ring (bicyclic) bond motifs is 1. The van der Waals surface area contributed by atoms with Crippen LogP contribution in [0.2, 0.25) is 5.02 Å². The summed E-state index contributed by atoms with van der Waals surface area (Å²) in [6, 6.07) is 12.3. The fourth-order valence-electron chi connectivity index (χ4n) is 5.28. The number of aliphatic imine (C=N–C) groups is 1. The number of hydrogen-bond donors (Lipinski definition) is 1. The number of amidine groups is 1. The van der Waals surface area contributed by atoms with Crippen LogP contribution in [0.5, 0.6) is 0 Å². The molecule has 0 amide bonds. The third kappa shape index (κ3) is 5.37. The SMILES string of the molecule is O=S(=O)(CC[C@@]1(O)CC2=C(c3ccn(C(F)F)n3)[C@H](c3ccc(F)cc3Cl)N=C(c3nccs3)N2C1)c1ccccc1. The summed E-state index contributed by atoms with van der Waals surface area (Å²) in [5, 5.41) is 18.3. The van der Waals surface area contributed by atoms with Gasteiger partial charge in [0.2, 0.25) is 0 Å². The van der Waals surface area contributed by atoms with Crippen molar-refractivity contribution in [2.24, 2.45) is 4.99 Å². The van der Waals surface area contributed by atoms with E-state index in [2.05, 4.69) is 10.1 Å². The van der Waals surface area contributed by atoms with Crippen LogP contribution in [0.25, 0.3) is 5.57 Å². The molecule has 0 spiro atoms. The van der Waals surface area contributed by atoms with Gasteiger partial charge in [-0.25, -0.2) is 22.5 Å². The minimum Gasteiger partial charge on any atom is -0.388 e. The lowest BCUT2D eigenvalue weighted by atomic mass is 9.90. The van der Waals surface area contributed by atoms with Gasteiger partial charge in [0.05, 0.1) is 28.5 Å². The highest BCUT2D eigenvalue weighted by molar-refractivity contribution is 7.91. The number of hydrogen-bond acceptors (Lipinski definition) is 8. The molecule has 0 bridgehead atoms. The van der Waals surface area contributed by atoms with Crippen LogP contribution in [-0.4, -0.2) is 56.9 Å². The fraction of sp³-hybridized carbons (Fsp3) is 0.250. The highest BCUT2D eigenvalue weighted by Crippen LogP contribution is 2.48. The van der Waals surface area contributed by atoms with Gasteiger partial charge in [-0.2, -0.15) is 13.9 Å². The Kier molecular flexibility index (Phi) is 7.46. The lowest BCUT2D eigenvalue weighted by Gasteiger charge is -2.32. The molecule has 2 aromatic heterocycles. The van der Waals surface area contributed by atoms with E-state index in [1.54, 1.807) is 34.7 Å². The van der Waals surface area contributed by atoms with E-state index in [0.717, 1.165) is 12.3 Å². The van der Waals surface area contributed by atoms with Crippen LogP contribution in [0.1, 0.15) is 41.7 Å². The number of nitrogens with zero attached hydrogens (tertiary/aromatic N) is 5. The molecular weight excluding hydrogens is 611 g/mol. The van der Waals surface area contributed by atoms with Crippen molar-refractivity contribution in [3.63, 3.8) is 0 Å². The number of aliphatic hydroxyl groups is 1. The van der Waals surface area contributed by atoms with E-state index in [0.29, 0.717) is 32.4 Å². The first-order valence-corrected chi connectivity index (χ1v) is 15.7. The molecule has 2 aliphatic rings. The van der Waals surface area contributed by atoms with Gasteiger partial charge in [-0.3, -0.25) is 4.99 Å². The molecule has 0 aliphatic carbocycles. The van der Waals surface area contributed by atoms with Gasteiger partial charge in [-0.1, -0.05) is 35.9 Å². The van der Waals surface area contributed by atoms with Crippen molar-refractivity contribution < 1.29 is 26.7 Å². The molecule has 0 unspecified atom stereocenters. The Balaban J connectivity index is 1.47. The number of halogens is 4. The molecule has 1 saturated heterocycles. The predicted molar refractivity (Wildman–Crippen MR) is 153 cm³/mol. The first kappa shape index (κ1) is 28.6. The molecule has 8 nitrogen and oxygen atoms in total. The van der Waals surface area contributed by atoms with Crippen molar-refractivity contribution in [3.05, 3.63) is 105 Å². The zero-order valence-corrected chi connectivity index (χ0v) is 24.1. The highest BCUT2D eigenvalue weighted by atomic mass is 35.5. The van der Waals surface area contributed by atoms with E-state index in [4.69, 9.17) is 16.6 Å². The molecule has 1 N–H and O–H groups in total. The quantitative estimate of drug-likeness (QED) is 0.266. The van der Waals surface area contributed by atoms with E-state index in [9.17, 15) is 26.7 Å². The molecule has 14 heteroatoms. The Hall–Kier alpha value is -3.52. The van der Waals surface area contributed by atoms with Crippen molar-refractivity contribution in [2.45, 2.75) is 35.9 Å². The molecule has 4 heterocycles. The third-order valence-corrected chi connectivity index (χ3v) is 10.1. The van der Waals surface area contributed by atoms with E-state index in [1.807, 2.05) is 0 Å². The van der Waals surface area contributed by atoms with Crippen molar-refractivity contribution in [2.75, 3.05) is 12.3 Å². The van der Waals surface area contributed by atoms with E-state index >= 15 is 0 Å². The first-order valence-electron chi connectivity index (χ1n) is 12.8. The average molecular weight is 634 g/mol. The number of thiazole rings is 1. The maximum absolute atomic E-state index is 14.0. The van der Waals surface area contributed by atoms with Crippen LogP contribution < -0.4 is 0 Å². The smallest absolute Gasteiger partial charge is 0.333 e. The molecule has 42 heavy (non-hydrogen) atoms. The zero-order chi connectivity index (χ0) is 29.6. The summed E-state index contributed by atoms with van der Waals surface area (Å²) >= 11 is 7.79. The standard InChI is InChI=1S/C28H23ClF3N5O3S2/c29-20-14-17(30)6-7-19(20)24-23(21-8-11-37(35-21)27(31)32)22-15-28(38,9-13-42(39,40)18-4-2-1-3-5-18)16-36(22)25(34-24)26-33-10-12-41-26/h1-8,10-12,14,24,27,38H,9,13,15-16H2/t24-,28+/m0/s1. The Morgan fingerprint density at radius 3 is 2.62 bits per heavy atom. The summed E-state index contributed by atoms with van der Waals surface area (Å²) < 4.78 is 67.7. The van der Waals surface area contributed by atoms with E-state index < -0.39 is 33.8 Å². The fourth-order valence-corrected chi connectivity index (χ4v) is 7.65. The molecule has 4 aromatic rings. The summed E-state index contributed by atoms with van der Waals surface area (Å²) in [4.78, 5) is 11.2. The third-order valence-electron chi connectivity index (χ3n) is 7.27. The van der Waals surface area contributed by atoms with E-state index in [-0.39, 0.29) is 40.8 Å². The molecule has 218 valence electrons. The van der Waals surface area contributed by atoms with Crippen LogP contribution >= 0.6 is 22.9 Å². The minimum atomic E-state index is -3.70. The molecule has 6 rings (SSSR count). The van der Waals surface area contributed by atoms with Crippen molar-refractivity contribution in [3.8, 4) is 0 Å². The summed E-state index contributed by atoms with van der Waals surface area (Å²) in [5.41, 5.74) is -0.0377. The summed E-state index contributed by atoms with van der Waals surface area (Å²) in [6.45, 7) is -2.91. The average Bonchev–Trinajstić information content (AvgIpc) is 3.72. The predicted octanol–water partition coefficient (Wildman–Crippen LogP) is 5.74. The van der Waals surface area contributed by atoms with Crippen molar-refractivity contribution >= 4 is 44.2 Å². The minimum absolute atomic E-state index is 0.0199. The lowest BCUT2D eigenvalue weighted by molar-refractivity contribution is 0.0526. The second kappa shape index (κ2) is 11.0. The second-order valence-electron chi connectivity index (χ2n) is 10.0. The lowest BCUT2D eigenvalue weighted by Crippen LogP contribution is -2.38.